The first-order chi connectivity index (χ1) is 9.06. The number of benzene rings is 1. The Hall–Kier alpha value is -0.730. The van der Waals surface area contributed by atoms with Gasteiger partial charge in [0.05, 0.1) is 16.6 Å². The number of carbonyl (C=O) groups excluding carboxylic acids is 1. The minimum absolute atomic E-state index is 0.0706. The van der Waals surface area contributed by atoms with Crippen LogP contribution in [0.25, 0.3) is 0 Å². The maximum Gasteiger partial charge on any atom is 0.232 e. The van der Waals surface area contributed by atoms with E-state index < -0.39 is 0 Å². The van der Waals surface area contributed by atoms with Crippen molar-refractivity contribution in [2.45, 2.75) is 38.5 Å². The van der Waals surface area contributed by atoms with E-state index in [0.29, 0.717) is 16.0 Å². The van der Waals surface area contributed by atoms with Gasteiger partial charge in [-0.2, -0.15) is 0 Å². The highest BCUT2D eigenvalue weighted by atomic mass is 35.5. The van der Waals surface area contributed by atoms with Crippen molar-refractivity contribution in [1.82, 2.24) is 0 Å². The Morgan fingerprint density at radius 2 is 1.84 bits per heavy atom. The second-order valence-corrected chi connectivity index (χ2v) is 6.68. The average molecular weight is 298 g/mol. The minimum Gasteiger partial charge on any atom is -0.324 e. The van der Waals surface area contributed by atoms with Gasteiger partial charge < -0.3 is 5.32 Å². The van der Waals surface area contributed by atoms with Gasteiger partial charge in [-0.25, -0.2) is 0 Å². The van der Waals surface area contributed by atoms with Crippen molar-refractivity contribution < 1.29 is 4.79 Å². The van der Waals surface area contributed by atoms with Gasteiger partial charge in [-0.3, -0.25) is 4.79 Å². The summed E-state index contributed by atoms with van der Waals surface area (Å²) in [5, 5.41) is 4.07. The molecule has 3 rings (SSSR count). The van der Waals surface area contributed by atoms with Gasteiger partial charge >= 0.3 is 0 Å². The standard InChI is InChI=1S/C15H17Cl2NO/c1-8-2-4-9(5-3-8)13-11-6-10(16)7-12(17)14(11)18-15(13)19/h6-9,13H,2-5H2,1H3,(H,18,19). The van der Waals surface area contributed by atoms with Crippen LogP contribution >= 0.6 is 23.2 Å². The molecule has 1 aromatic rings. The quantitative estimate of drug-likeness (QED) is 0.788. The van der Waals surface area contributed by atoms with Crippen molar-refractivity contribution in [2.24, 2.45) is 11.8 Å². The van der Waals surface area contributed by atoms with Crippen LogP contribution in [-0.2, 0) is 4.79 Å². The zero-order chi connectivity index (χ0) is 13.6. The van der Waals surface area contributed by atoms with Crippen LogP contribution < -0.4 is 5.32 Å². The van der Waals surface area contributed by atoms with Crippen molar-refractivity contribution in [3.8, 4) is 0 Å². The Bertz CT molecular complexity index is 521. The summed E-state index contributed by atoms with van der Waals surface area (Å²) in [6, 6.07) is 3.58. The predicted octanol–water partition coefficient (Wildman–Crippen LogP) is 4.86. The summed E-state index contributed by atoms with van der Waals surface area (Å²) in [5.74, 6) is 1.22. The molecule has 1 fully saturated rings. The minimum atomic E-state index is -0.0706. The molecular formula is C15H17Cl2NO. The van der Waals surface area contributed by atoms with Crippen molar-refractivity contribution in [3.63, 3.8) is 0 Å². The van der Waals surface area contributed by atoms with Crippen LogP contribution in [0.1, 0.15) is 44.1 Å². The number of halogens is 2. The SMILES string of the molecule is CC1CCC(C2C(=O)Nc3c(Cl)cc(Cl)cc32)CC1. The number of nitrogens with one attached hydrogen (secondary N) is 1. The highest BCUT2D eigenvalue weighted by Crippen LogP contribution is 2.47. The smallest absolute Gasteiger partial charge is 0.232 e. The fraction of sp³-hybridized carbons (Fsp3) is 0.533. The van der Waals surface area contributed by atoms with Crippen LogP contribution in [0.3, 0.4) is 0 Å². The summed E-state index contributed by atoms with van der Waals surface area (Å²) in [5.41, 5.74) is 1.75. The molecule has 2 aliphatic rings. The highest BCUT2D eigenvalue weighted by Gasteiger charge is 2.39. The van der Waals surface area contributed by atoms with Crippen molar-refractivity contribution >= 4 is 34.8 Å². The van der Waals surface area contributed by atoms with Gasteiger partial charge in [0.25, 0.3) is 0 Å². The first kappa shape index (κ1) is 13.3. The summed E-state index contributed by atoms with van der Waals surface area (Å²) in [6.07, 6.45) is 4.64. The van der Waals surface area contributed by atoms with E-state index in [1.807, 2.05) is 6.07 Å². The van der Waals surface area contributed by atoms with Gasteiger partial charge in [0, 0.05) is 5.02 Å². The van der Waals surface area contributed by atoms with Crippen molar-refractivity contribution in [2.75, 3.05) is 5.32 Å². The summed E-state index contributed by atoms with van der Waals surface area (Å²) < 4.78 is 0. The molecule has 19 heavy (non-hydrogen) atoms. The zero-order valence-electron chi connectivity index (χ0n) is 10.9. The molecular weight excluding hydrogens is 281 g/mol. The van der Waals surface area contributed by atoms with Gasteiger partial charge in [-0.15, -0.1) is 0 Å². The molecule has 0 saturated heterocycles. The van der Waals surface area contributed by atoms with Gasteiger partial charge in [-0.1, -0.05) is 43.0 Å². The summed E-state index contributed by atoms with van der Waals surface area (Å²) >= 11 is 12.2. The number of amides is 1. The largest absolute Gasteiger partial charge is 0.324 e. The zero-order valence-corrected chi connectivity index (χ0v) is 12.4. The average Bonchev–Trinajstić information content (AvgIpc) is 2.67. The summed E-state index contributed by atoms with van der Waals surface area (Å²) in [7, 11) is 0. The lowest BCUT2D eigenvalue weighted by Crippen LogP contribution is -2.24. The molecule has 4 heteroatoms. The molecule has 0 spiro atoms. The maximum absolute atomic E-state index is 12.3. The third kappa shape index (κ3) is 2.36. The van der Waals surface area contributed by atoms with E-state index in [1.54, 1.807) is 6.07 Å². The summed E-state index contributed by atoms with van der Waals surface area (Å²) in [4.78, 5) is 12.3. The normalized spacial score (nSPS) is 30.1. The molecule has 0 radical (unpaired) electrons. The molecule has 1 amide bonds. The third-order valence-corrected chi connectivity index (χ3v) is 5.00. The first-order valence-corrected chi connectivity index (χ1v) is 7.61. The van der Waals surface area contributed by atoms with Crippen LogP contribution in [-0.4, -0.2) is 5.91 Å². The molecule has 1 unspecified atom stereocenters. The second-order valence-electron chi connectivity index (χ2n) is 5.84. The molecule has 1 heterocycles. The van der Waals surface area contributed by atoms with Crippen LogP contribution in [0.15, 0.2) is 12.1 Å². The topological polar surface area (TPSA) is 29.1 Å². The van der Waals surface area contributed by atoms with E-state index in [2.05, 4.69) is 12.2 Å². The monoisotopic (exact) mass is 297 g/mol. The fourth-order valence-electron chi connectivity index (χ4n) is 3.40. The van der Waals surface area contributed by atoms with Crippen molar-refractivity contribution in [1.29, 1.82) is 0 Å². The van der Waals surface area contributed by atoms with Crippen LogP contribution in [0.4, 0.5) is 5.69 Å². The Morgan fingerprint density at radius 1 is 1.16 bits per heavy atom. The van der Waals surface area contributed by atoms with E-state index >= 15 is 0 Å². The Labute approximate surface area is 123 Å². The molecule has 1 N–H and O–H groups in total. The van der Waals surface area contributed by atoms with Gasteiger partial charge in [0.15, 0.2) is 0 Å². The predicted molar refractivity (Wildman–Crippen MR) is 79.0 cm³/mol. The molecule has 102 valence electrons. The number of carbonyl (C=O) groups is 1. The molecule has 1 aromatic carbocycles. The molecule has 1 atom stereocenters. The van der Waals surface area contributed by atoms with Crippen LogP contribution in [0.2, 0.25) is 10.0 Å². The lowest BCUT2D eigenvalue weighted by molar-refractivity contribution is -0.118. The lowest BCUT2D eigenvalue weighted by atomic mass is 9.74. The molecule has 2 nitrogen and oxygen atoms in total. The van der Waals surface area contributed by atoms with Crippen molar-refractivity contribution in [3.05, 3.63) is 27.7 Å². The molecule has 0 bridgehead atoms. The second kappa shape index (κ2) is 4.99. The van der Waals surface area contributed by atoms with Crippen LogP contribution in [0, 0.1) is 11.8 Å². The maximum atomic E-state index is 12.3. The van der Waals surface area contributed by atoms with E-state index in [9.17, 15) is 4.79 Å². The first-order valence-electron chi connectivity index (χ1n) is 6.86. The number of hydrogen-bond acceptors (Lipinski definition) is 1. The van der Waals surface area contributed by atoms with E-state index in [4.69, 9.17) is 23.2 Å². The van der Waals surface area contributed by atoms with Gasteiger partial charge in [-0.05, 0) is 42.4 Å². The van der Waals surface area contributed by atoms with Gasteiger partial charge in [0.2, 0.25) is 5.91 Å². The molecule has 1 saturated carbocycles. The Balaban J connectivity index is 1.94. The number of fused-ring (bicyclic) bond motifs is 1. The number of hydrogen-bond donors (Lipinski definition) is 1. The highest BCUT2D eigenvalue weighted by molar-refractivity contribution is 6.37. The molecule has 0 aromatic heterocycles. The van der Waals surface area contributed by atoms with E-state index in [0.717, 1.165) is 30.0 Å². The molecule has 1 aliphatic heterocycles. The van der Waals surface area contributed by atoms with E-state index in [1.165, 1.54) is 12.8 Å². The van der Waals surface area contributed by atoms with E-state index in [-0.39, 0.29) is 11.8 Å². The summed E-state index contributed by atoms with van der Waals surface area (Å²) in [6.45, 7) is 2.28. The molecule has 1 aliphatic carbocycles. The number of rotatable bonds is 1. The Kier molecular flexibility index (Phi) is 3.48. The van der Waals surface area contributed by atoms with Crippen LogP contribution in [0.5, 0.6) is 0 Å². The number of anilines is 1. The lowest BCUT2D eigenvalue weighted by Gasteiger charge is -2.29. The third-order valence-electron chi connectivity index (χ3n) is 4.48. The fourth-order valence-corrected chi connectivity index (χ4v) is 3.96. The Morgan fingerprint density at radius 3 is 2.53 bits per heavy atom. The van der Waals surface area contributed by atoms with Gasteiger partial charge in [0.1, 0.15) is 0 Å².